The van der Waals surface area contributed by atoms with Crippen molar-refractivity contribution < 1.29 is 29.1 Å². The fourth-order valence-corrected chi connectivity index (χ4v) is 5.91. The normalized spacial score (nSPS) is 24.2. The molecule has 2 aliphatic rings. The van der Waals surface area contributed by atoms with Gasteiger partial charge < -0.3 is 20.5 Å². The summed E-state index contributed by atoms with van der Waals surface area (Å²) in [5.74, 6) is -3.39. The monoisotopic (exact) mass is 550 g/mol. The number of rotatable bonds is 9. The first-order valence-corrected chi connectivity index (χ1v) is 13.5. The van der Waals surface area contributed by atoms with Crippen LogP contribution in [0.15, 0.2) is 72.4 Å². The molecule has 5 rings (SSSR count). The summed E-state index contributed by atoms with van der Waals surface area (Å²) in [4.78, 5) is 50.0. The summed E-state index contributed by atoms with van der Waals surface area (Å²) < 4.78 is 5.37. The third kappa shape index (κ3) is 5.12. The Kier molecular flexibility index (Phi) is 7.15. The van der Waals surface area contributed by atoms with E-state index in [2.05, 4.69) is 15.6 Å². The number of fused-ring (bicyclic) bond motifs is 1. The molecule has 0 radical (unpaired) electrons. The molecular formula is C28H30N4O6S. The van der Waals surface area contributed by atoms with Gasteiger partial charge in [-0.2, -0.15) is 0 Å². The average Bonchev–Trinajstić information content (AvgIpc) is 3.33. The van der Waals surface area contributed by atoms with E-state index in [9.17, 15) is 19.5 Å². The van der Waals surface area contributed by atoms with Gasteiger partial charge in [-0.1, -0.05) is 60.7 Å². The maximum atomic E-state index is 14.1. The predicted octanol–water partition coefficient (Wildman–Crippen LogP) is 3.68. The molecule has 2 saturated heterocycles. The van der Waals surface area contributed by atoms with Crippen molar-refractivity contribution in [1.29, 1.82) is 0 Å². The first kappa shape index (κ1) is 26.8. The maximum absolute atomic E-state index is 14.1. The second-order valence-corrected chi connectivity index (χ2v) is 11.5. The SMILES string of the molecule is CC(C)(C)OC(=O)NC[C@H](c1cncs1)C1C2ON2[C@@]1(C(=O)O)C(=O)NC(c1ccccc1)c1ccccc1. The van der Waals surface area contributed by atoms with Crippen LogP contribution in [0.25, 0.3) is 0 Å². The lowest BCUT2D eigenvalue weighted by Gasteiger charge is -2.44. The molecule has 2 amide bonds. The quantitative estimate of drug-likeness (QED) is 0.271. The smallest absolute Gasteiger partial charge is 0.407 e. The number of carboxylic acids is 1. The minimum absolute atomic E-state index is 0.0403. The highest BCUT2D eigenvalue weighted by molar-refractivity contribution is 7.09. The molecule has 39 heavy (non-hydrogen) atoms. The van der Waals surface area contributed by atoms with Crippen LogP contribution in [0.4, 0.5) is 4.79 Å². The largest absolute Gasteiger partial charge is 0.479 e. The van der Waals surface area contributed by atoms with Crippen molar-refractivity contribution in [2.24, 2.45) is 5.92 Å². The van der Waals surface area contributed by atoms with Gasteiger partial charge in [0.15, 0.2) is 6.23 Å². The number of aliphatic carboxylic acids is 1. The number of hydrogen-bond donors (Lipinski definition) is 3. The molecule has 204 valence electrons. The summed E-state index contributed by atoms with van der Waals surface area (Å²) in [7, 11) is 0. The molecule has 11 heteroatoms. The number of alkyl carbamates (subject to hydrolysis) is 1. The molecular weight excluding hydrogens is 520 g/mol. The van der Waals surface area contributed by atoms with Gasteiger partial charge in [0.25, 0.3) is 5.91 Å². The first-order valence-electron chi connectivity index (χ1n) is 12.6. The lowest BCUT2D eigenvalue weighted by atomic mass is 9.67. The second-order valence-electron chi connectivity index (χ2n) is 10.5. The van der Waals surface area contributed by atoms with Gasteiger partial charge in [0.2, 0.25) is 5.54 Å². The molecule has 0 saturated carbocycles. The molecule has 0 spiro atoms. The summed E-state index contributed by atoms with van der Waals surface area (Å²) >= 11 is 1.32. The number of hydrogen-bond acceptors (Lipinski definition) is 8. The molecule has 3 heterocycles. The molecule has 3 unspecified atom stereocenters. The standard InChI is InChI=1S/C28H30N4O6S/c1-27(2,3)37-26(36)30-14-19(20-15-29-16-39-20)21-23-32(38-23)28(21,25(34)35)24(33)31-22(17-10-6-4-7-11-17)18-12-8-5-9-13-18/h4-13,15-16,19,21-23H,14H2,1-3H3,(H,30,36)(H,31,33)(H,34,35)/t19-,21?,23?,28-,32?/m1/s1. The Bertz CT molecular complexity index is 1290. The zero-order valence-corrected chi connectivity index (χ0v) is 22.6. The number of carbonyl (C=O) groups excluding carboxylic acids is 2. The van der Waals surface area contributed by atoms with Gasteiger partial charge in [0.1, 0.15) is 5.60 Å². The number of carboxylic acid groups (broad SMARTS) is 1. The fraction of sp³-hybridized carbons (Fsp3) is 0.357. The zero-order valence-electron chi connectivity index (χ0n) is 21.7. The van der Waals surface area contributed by atoms with Gasteiger partial charge in [-0.15, -0.1) is 16.4 Å². The van der Waals surface area contributed by atoms with Crippen molar-refractivity contribution in [2.75, 3.05) is 6.54 Å². The van der Waals surface area contributed by atoms with E-state index >= 15 is 0 Å². The number of nitrogens with zero attached hydrogens (tertiary/aromatic N) is 2. The van der Waals surface area contributed by atoms with Crippen LogP contribution in [-0.2, 0) is 19.2 Å². The molecule has 3 N–H and O–H groups in total. The van der Waals surface area contributed by atoms with Gasteiger partial charge in [-0.25, -0.2) is 9.59 Å². The Balaban J connectivity index is 1.46. The van der Waals surface area contributed by atoms with Crippen molar-refractivity contribution in [2.45, 2.75) is 50.1 Å². The molecule has 10 nitrogen and oxygen atoms in total. The van der Waals surface area contributed by atoms with Gasteiger partial charge in [-0.3, -0.25) is 14.6 Å². The van der Waals surface area contributed by atoms with Gasteiger partial charge in [-0.05, 0) is 31.9 Å². The number of ether oxygens (including phenoxy) is 1. The van der Waals surface area contributed by atoms with Crippen LogP contribution < -0.4 is 10.6 Å². The molecule has 0 bridgehead atoms. The maximum Gasteiger partial charge on any atom is 0.407 e. The molecule has 2 fully saturated rings. The summed E-state index contributed by atoms with van der Waals surface area (Å²) in [6.07, 6.45) is 0.410. The van der Waals surface area contributed by atoms with E-state index in [4.69, 9.17) is 9.57 Å². The number of hydroxylamine groups is 2. The second kappa shape index (κ2) is 10.4. The Hall–Kier alpha value is -3.80. The molecule has 3 aromatic rings. The van der Waals surface area contributed by atoms with E-state index in [-0.39, 0.29) is 6.54 Å². The van der Waals surface area contributed by atoms with Crippen molar-refractivity contribution in [3.05, 3.63) is 88.4 Å². The van der Waals surface area contributed by atoms with Crippen LogP contribution in [0.3, 0.4) is 0 Å². The first-order chi connectivity index (χ1) is 18.6. The molecule has 0 aliphatic carbocycles. The van der Waals surface area contributed by atoms with Crippen molar-refractivity contribution in [3.63, 3.8) is 0 Å². The van der Waals surface area contributed by atoms with Crippen molar-refractivity contribution in [3.8, 4) is 0 Å². The number of thiazole rings is 1. The fourth-order valence-electron chi connectivity index (χ4n) is 5.14. The number of nitrogens with one attached hydrogen (secondary N) is 2. The third-order valence-electron chi connectivity index (χ3n) is 6.87. The number of carbonyl (C=O) groups is 3. The molecule has 5 atom stereocenters. The van der Waals surface area contributed by atoms with E-state index in [0.29, 0.717) is 0 Å². The van der Waals surface area contributed by atoms with Crippen LogP contribution in [0.5, 0.6) is 0 Å². The van der Waals surface area contributed by atoms with E-state index in [1.165, 1.54) is 16.4 Å². The minimum atomic E-state index is -2.00. The van der Waals surface area contributed by atoms with Gasteiger partial charge in [0.05, 0.1) is 17.5 Å². The highest BCUT2D eigenvalue weighted by Gasteiger charge is 2.82. The number of benzene rings is 2. The molecule has 2 aromatic carbocycles. The Morgan fingerprint density at radius 1 is 1.10 bits per heavy atom. The Morgan fingerprint density at radius 2 is 1.72 bits per heavy atom. The highest BCUT2D eigenvalue weighted by Crippen LogP contribution is 2.60. The van der Waals surface area contributed by atoms with Crippen LogP contribution in [0.2, 0.25) is 0 Å². The van der Waals surface area contributed by atoms with Gasteiger partial charge >= 0.3 is 12.1 Å². The van der Waals surface area contributed by atoms with Crippen LogP contribution in [0.1, 0.15) is 48.7 Å². The van der Waals surface area contributed by atoms with Crippen LogP contribution in [-0.4, -0.2) is 57.0 Å². The van der Waals surface area contributed by atoms with Crippen molar-refractivity contribution >= 4 is 29.3 Å². The highest BCUT2D eigenvalue weighted by atomic mass is 32.1. The van der Waals surface area contributed by atoms with E-state index < -0.39 is 53.2 Å². The summed E-state index contributed by atoms with van der Waals surface area (Å²) in [6, 6.07) is 18.1. The summed E-state index contributed by atoms with van der Waals surface area (Å²) in [5, 5.41) is 17.5. The van der Waals surface area contributed by atoms with Crippen LogP contribution >= 0.6 is 11.3 Å². The van der Waals surface area contributed by atoms with E-state index in [0.717, 1.165) is 16.0 Å². The van der Waals surface area contributed by atoms with E-state index in [1.807, 2.05) is 60.7 Å². The number of aromatic nitrogens is 1. The van der Waals surface area contributed by atoms with Crippen molar-refractivity contribution in [1.82, 2.24) is 20.7 Å². The molecule has 2 aliphatic heterocycles. The summed E-state index contributed by atoms with van der Waals surface area (Å²) in [5.41, 5.74) is 0.538. The number of amides is 2. The Labute approximate surface area is 229 Å². The predicted molar refractivity (Wildman–Crippen MR) is 143 cm³/mol. The summed E-state index contributed by atoms with van der Waals surface area (Å²) in [6.45, 7) is 5.30. The Morgan fingerprint density at radius 3 is 2.23 bits per heavy atom. The zero-order chi connectivity index (χ0) is 27.8. The average molecular weight is 551 g/mol. The molecule has 1 aromatic heterocycles. The third-order valence-corrected chi connectivity index (χ3v) is 7.78. The van der Waals surface area contributed by atoms with E-state index in [1.54, 1.807) is 32.5 Å². The van der Waals surface area contributed by atoms with Crippen LogP contribution in [0, 0.1) is 5.92 Å². The topological polar surface area (TPSA) is 133 Å². The lowest BCUT2D eigenvalue weighted by Crippen LogP contribution is -2.72. The van der Waals surface area contributed by atoms with Gasteiger partial charge in [0, 0.05) is 23.5 Å². The minimum Gasteiger partial charge on any atom is -0.479 e. The lowest BCUT2D eigenvalue weighted by molar-refractivity contribution is -0.171.